The summed E-state index contributed by atoms with van der Waals surface area (Å²) in [7, 11) is 0. The number of amides is 1. The summed E-state index contributed by atoms with van der Waals surface area (Å²) in [5.74, 6) is -0.0164. The van der Waals surface area contributed by atoms with Gasteiger partial charge in [-0.05, 0) is 66.6 Å². The number of anilines is 1. The lowest BCUT2D eigenvalue weighted by molar-refractivity contribution is 0.0936. The van der Waals surface area contributed by atoms with Crippen LogP contribution in [0.2, 0.25) is 0 Å². The van der Waals surface area contributed by atoms with Gasteiger partial charge in [-0.3, -0.25) is 4.79 Å². The number of thioether (sulfide) groups is 1. The van der Waals surface area contributed by atoms with Gasteiger partial charge in [-0.1, -0.05) is 6.07 Å². The van der Waals surface area contributed by atoms with Crippen LogP contribution < -0.4 is 11.1 Å². The molecule has 3 nitrogen and oxygen atoms in total. The predicted molar refractivity (Wildman–Crippen MR) is 87.6 cm³/mol. The van der Waals surface area contributed by atoms with Crippen molar-refractivity contribution < 1.29 is 4.79 Å². The Balaban J connectivity index is 1.74. The summed E-state index contributed by atoms with van der Waals surface area (Å²) in [6.45, 7) is 0. The highest BCUT2D eigenvalue weighted by atomic mass is 32.2. The number of aryl methyl sites for hydroxylation is 1. The first kappa shape index (κ1) is 14.0. The van der Waals surface area contributed by atoms with Crippen LogP contribution in [0.1, 0.15) is 33.9 Å². The lowest BCUT2D eigenvalue weighted by Crippen LogP contribution is -2.27. The molecule has 0 heterocycles. The number of fused-ring (bicyclic) bond motifs is 1. The van der Waals surface area contributed by atoms with Crippen molar-refractivity contribution in [3.05, 3.63) is 59.2 Å². The normalized spacial score (nSPS) is 16.5. The largest absolute Gasteiger partial charge is 0.399 e. The molecule has 2 aromatic rings. The molecular formula is C17H18N2OS. The molecular weight excluding hydrogens is 280 g/mol. The van der Waals surface area contributed by atoms with Crippen LogP contribution in [0, 0.1) is 0 Å². The maximum atomic E-state index is 12.3. The van der Waals surface area contributed by atoms with Crippen LogP contribution in [0.25, 0.3) is 0 Å². The molecule has 0 aromatic heterocycles. The number of benzene rings is 2. The molecule has 3 N–H and O–H groups in total. The van der Waals surface area contributed by atoms with Gasteiger partial charge in [-0.15, -0.1) is 11.8 Å². The second-order valence-electron chi connectivity index (χ2n) is 5.25. The fraction of sp³-hybridized carbons (Fsp3) is 0.235. The zero-order valence-electron chi connectivity index (χ0n) is 11.9. The Labute approximate surface area is 128 Å². The van der Waals surface area contributed by atoms with Gasteiger partial charge in [-0.2, -0.15) is 0 Å². The topological polar surface area (TPSA) is 55.1 Å². The summed E-state index contributed by atoms with van der Waals surface area (Å²) in [4.78, 5) is 13.5. The fourth-order valence-corrected chi connectivity index (χ4v) is 3.18. The standard InChI is InChI=1S/C17H18N2OS/c1-21-14-6-2-11(3-7-14)17(20)19-16-9-4-12-10-13(18)5-8-15(12)16/h2-3,5-8,10,16H,4,9,18H2,1H3,(H,19,20). The van der Waals surface area contributed by atoms with E-state index in [0.717, 1.165) is 23.4 Å². The fourth-order valence-electron chi connectivity index (χ4n) is 2.77. The lowest BCUT2D eigenvalue weighted by Gasteiger charge is -2.14. The molecule has 1 amide bonds. The summed E-state index contributed by atoms with van der Waals surface area (Å²) >= 11 is 1.67. The van der Waals surface area contributed by atoms with E-state index >= 15 is 0 Å². The number of nitrogen functional groups attached to an aromatic ring is 1. The van der Waals surface area contributed by atoms with E-state index in [9.17, 15) is 4.79 Å². The summed E-state index contributed by atoms with van der Waals surface area (Å²) < 4.78 is 0. The van der Waals surface area contributed by atoms with Crippen molar-refractivity contribution >= 4 is 23.4 Å². The molecule has 0 aliphatic heterocycles. The van der Waals surface area contributed by atoms with Crippen molar-refractivity contribution in [1.82, 2.24) is 5.32 Å². The van der Waals surface area contributed by atoms with Gasteiger partial charge in [-0.25, -0.2) is 0 Å². The van der Waals surface area contributed by atoms with E-state index in [1.165, 1.54) is 11.1 Å². The van der Waals surface area contributed by atoms with Gasteiger partial charge >= 0.3 is 0 Å². The first-order chi connectivity index (χ1) is 10.2. The first-order valence-corrected chi connectivity index (χ1v) is 8.23. The Morgan fingerprint density at radius 3 is 2.71 bits per heavy atom. The van der Waals surface area contributed by atoms with Crippen LogP contribution in [0.3, 0.4) is 0 Å². The number of hydrogen-bond acceptors (Lipinski definition) is 3. The molecule has 4 heteroatoms. The Bertz CT molecular complexity index is 667. The van der Waals surface area contributed by atoms with E-state index in [1.54, 1.807) is 11.8 Å². The average molecular weight is 298 g/mol. The third kappa shape index (κ3) is 2.90. The maximum absolute atomic E-state index is 12.3. The SMILES string of the molecule is CSc1ccc(C(=O)NC2CCc3cc(N)ccc32)cc1. The zero-order valence-corrected chi connectivity index (χ0v) is 12.7. The highest BCUT2D eigenvalue weighted by molar-refractivity contribution is 7.98. The number of hydrogen-bond donors (Lipinski definition) is 2. The second-order valence-corrected chi connectivity index (χ2v) is 6.13. The Hall–Kier alpha value is -1.94. The predicted octanol–water partition coefficient (Wildman–Crippen LogP) is 3.41. The van der Waals surface area contributed by atoms with Gasteiger partial charge in [0.2, 0.25) is 0 Å². The number of nitrogens with one attached hydrogen (secondary N) is 1. The highest BCUT2D eigenvalue weighted by Crippen LogP contribution is 2.32. The van der Waals surface area contributed by atoms with Gasteiger partial charge in [0.15, 0.2) is 0 Å². The molecule has 1 aliphatic rings. The van der Waals surface area contributed by atoms with Crippen molar-refractivity contribution in [1.29, 1.82) is 0 Å². The molecule has 1 aliphatic carbocycles. The Kier molecular flexibility index (Phi) is 3.88. The molecule has 0 saturated heterocycles. The minimum atomic E-state index is -0.0164. The number of rotatable bonds is 3. The zero-order chi connectivity index (χ0) is 14.8. The van der Waals surface area contributed by atoms with Gasteiger partial charge in [0.1, 0.15) is 0 Å². The molecule has 0 bridgehead atoms. The maximum Gasteiger partial charge on any atom is 0.251 e. The van der Waals surface area contributed by atoms with Crippen molar-refractivity contribution in [2.45, 2.75) is 23.8 Å². The van der Waals surface area contributed by atoms with Crippen molar-refractivity contribution in [3.8, 4) is 0 Å². The quantitative estimate of drug-likeness (QED) is 0.674. The van der Waals surface area contributed by atoms with Gasteiger partial charge < -0.3 is 11.1 Å². The van der Waals surface area contributed by atoms with Crippen molar-refractivity contribution in [2.75, 3.05) is 12.0 Å². The smallest absolute Gasteiger partial charge is 0.251 e. The monoisotopic (exact) mass is 298 g/mol. The third-order valence-electron chi connectivity index (χ3n) is 3.90. The molecule has 108 valence electrons. The first-order valence-electron chi connectivity index (χ1n) is 7.00. The van der Waals surface area contributed by atoms with E-state index in [1.807, 2.05) is 48.7 Å². The van der Waals surface area contributed by atoms with Crippen LogP contribution in [0.15, 0.2) is 47.4 Å². The summed E-state index contributed by atoms with van der Waals surface area (Å²) in [5, 5.41) is 3.12. The number of carbonyl (C=O) groups excluding carboxylic acids is 1. The van der Waals surface area contributed by atoms with E-state index in [2.05, 4.69) is 5.32 Å². The molecule has 21 heavy (non-hydrogen) atoms. The van der Waals surface area contributed by atoms with E-state index < -0.39 is 0 Å². The molecule has 3 rings (SSSR count). The number of carbonyl (C=O) groups is 1. The summed E-state index contributed by atoms with van der Waals surface area (Å²) in [6.07, 6.45) is 3.93. The Morgan fingerprint density at radius 1 is 1.24 bits per heavy atom. The number of nitrogens with two attached hydrogens (primary N) is 1. The van der Waals surface area contributed by atoms with Crippen LogP contribution in [0.5, 0.6) is 0 Å². The van der Waals surface area contributed by atoms with E-state index in [4.69, 9.17) is 5.73 Å². The minimum Gasteiger partial charge on any atom is -0.399 e. The molecule has 0 radical (unpaired) electrons. The molecule has 0 spiro atoms. The molecule has 2 aromatic carbocycles. The van der Waals surface area contributed by atoms with Crippen LogP contribution in [0.4, 0.5) is 5.69 Å². The van der Waals surface area contributed by atoms with Crippen LogP contribution in [-0.2, 0) is 6.42 Å². The average Bonchev–Trinajstić information content (AvgIpc) is 2.89. The lowest BCUT2D eigenvalue weighted by atomic mass is 10.1. The van der Waals surface area contributed by atoms with Gasteiger partial charge in [0, 0.05) is 16.1 Å². The highest BCUT2D eigenvalue weighted by Gasteiger charge is 2.24. The molecule has 0 saturated carbocycles. The molecule has 1 unspecified atom stereocenters. The summed E-state index contributed by atoms with van der Waals surface area (Å²) in [5.41, 5.74) is 9.74. The second kappa shape index (κ2) is 5.82. The van der Waals surface area contributed by atoms with Crippen LogP contribution >= 0.6 is 11.8 Å². The van der Waals surface area contributed by atoms with Gasteiger partial charge in [0.25, 0.3) is 5.91 Å². The summed E-state index contributed by atoms with van der Waals surface area (Å²) in [6, 6.07) is 13.7. The molecule has 0 fully saturated rings. The van der Waals surface area contributed by atoms with Crippen molar-refractivity contribution in [2.24, 2.45) is 0 Å². The van der Waals surface area contributed by atoms with Gasteiger partial charge in [0.05, 0.1) is 6.04 Å². The van der Waals surface area contributed by atoms with Crippen molar-refractivity contribution in [3.63, 3.8) is 0 Å². The Morgan fingerprint density at radius 2 is 2.00 bits per heavy atom. The van der Waals surface area contributed by atoms with E-state index in [-0.39, 0.29) is 11.9 Å². The third-order valence-corrected chi connectivity index (χ3v) is 4.65. The van der Waals surface area contributed by atoms with E-state index in [0.29, 0.717) is 5.56 Å². The van der Waals surface area contributed by atoms with Crippen LogP contribution in [-0.4, -0.2) is 12.2 Å². The molecule has 1 atom stereocenters. The minimum absolute atomic E-state index is 0.0164.